The molecule has 1 aliphatic rings. The normalized spacial score (nSPS) is 15.4. The van der Waals surface area contributed by atoms with E-state index in [-0.39, 0.29) is 0 Å². The second kappa shape index (κ2) is 4.85. The summed E-state index contributed by atoms with van der Waals surface area (Å²) >= 11 is 8.56. The monoisotopic (exact) mass is 372 g/mol. The van der Waals surface area contributed by atoms with Gasteiger partial charge >= 0.3 is 0 Å². The number of benzene rings is 1. The van der Waals surface area contributed by atoms with Crippen molar-refractivity contribution in [1.82, 2.24) is 4.98 Å². The summed E-state index contributed by atoms with van der Waals surface area (Å²) in [6, 6.07) is 4.02. The molecule has 0 radical (unpaired) electrons. The number of nitrogens with zero attached hydrogens (tertiary/aromatic N) is 1. The fraction of sp³-hybridized carbons (Fsp3) is 0.357. The molecule has 1 heterocycles. The summed E-state index contributed by atoms with van der Waals surface area (Å²) in [5, 5.41) is 1.71. The van der Waals surface area contributed by atoms with Crippen molar-refractivity contribution in [3.8, 4) is 0 Å². The number of rotatable bonds is 0. The van der Waals surface area contributed by atoms with Gasteiger partial charge < -0.3 is 5.73 Å². The SMILES string of the molecule is Nc1c2c(nc3c(Cl)cc(I)cc13)CCCCC2. The van der Waals surface area contributed by atoms with Crippen molar-refractivity contribution in [2.75, 3.05) is 5.73 Å². The second-order valence-electron chi connectivity index (χ2n) is 4.80. The van der Waals surface area contributed by atoms with Crippen LogP contribution in [-0.2, 0) is 12.8 Å². The zero-order chi connectivity index (χ0) is 12.7. The number of fused-ring (bicyclic) bond motifs is 2. The number of pyridine rings is 1. The molecule has 1 aromatic heterocycles. The van der Waals surface area contributed by atoms with Crippen LogP contribution in [0.1, 0.15) is 30.5 Å². The molecule has 4 heteroatoms. The van der Waals surface area contributed by atoms with Crippen molar-refractivity contribution in [1.29, 1.82) is 0 Å². The second-order valence-corrected chi connectivity index (χ2v) is 6.45. The van der Waals surface area contributed by atoms with E-state index in [9.17, 15) is 0 Å². The van der Waals surface area contributed by atoms with Gasteiger partial charge in [0.15, 0.2) is 0 Å². The highest BCUT2D eigenvalue weighted by atomic mass is 127. The molecule has 0 spiro atoms. The van der Waals surface area contributed by atoms with Gasteiger partial charge in [0.05, 0.1) is 10.5 Å². The predicted molar refractivity (Wildman–Crippen MR) is 85.1 cm³/mol. The van der Waals surface area contributed by atoms with Gasteiger partial charge in [-0.25, -0.2) is 0 Å². The third-order valence-electron chi connectivity index (χ3n) is 3.58. The molecule has 0 saturated carbocycles. The van der Waals surface area contributed by atoms with Crippen LogP contribution < -0.4 is 5.73 Å². The van der Waals surface area contributed by atoms with E-state index < -0.39 is 0 Å². The van der Waals surface area contributed by atoms with Crippen molar-refractivity contribution < 1.29 is 0 Å². The largest absolute Gasteiger partial charge is 0.398 e. The molecule has 0 saturated heterocycles. The number of nitrogen functional groups attached to an aromatic ring is 1. The topological polar surface area (TPSA) is 38.9 Å². The molecule has 2 N–H and O–H groups in total. The summed E-state index contributed by atoms with van der Waals surface area (Å²) < 4.78 is 1.10. The van der Waals surface area contributed by atoms with Gasteiger partial charge in [-0.1, -0.05) is 18.0 Å². The number of hydrogen-bond donors (Lipinski definition) is 1. The molecule has 2 nitrogen and oxygen atoms in total. The zero-order valence-electron chi connectivity index (χ0n) is 9.97. The first-order chi connectivity index (χ1) is 8.66. The molecule has 1 aliphatic carbocycles. The van der Waals surface area contributed by atoms with E-state index in [1.165, 1.54) is 24.8 Å². The van der Waals surface area contributed by atoms with Crippen LogP contribution in [0.25, 0.3) is 10.9 Å². The Morgan fingerprint density at radius 1 is 1.17 bits per heavy atom. The van der Waals surface area contributed by atoms with Crippen LogP contribution in [-0.4, -0.2) is 4.98 Å². The lowest BCUT2D eigenvalue weighted by molar-refractivity contribution is 0.709. The summed E-state index contributed by atoms with van der Waals surface area (Å²) in [4.78, 5) is 4.76. The number of hydrogen-bond acceptors (Lipinski definition) is 2. The Balaban J connectivity index is 2.34. The van der Waals surface area contributed by atoms with Crippen molar-refractivity contribution in [2.24, 2.45) is 0 Å². The minimum absolute atomic E-state index is 0.704. The summed E-state index contributed by atoms with van der Waals surface area (Å²) in [5.74, 6) is 0. The number of nitrogens with two attached hydrogens (primary N) is 1. The fourth-order valence-electron chi connectivity index (χ4n) is 2.66. The molecular formula is C14H14ClIN2. The third kappa shape index (κ3) is 2.07. The Morgan fingerprint density at radius 2 is 1.94 bits per heavy atom. The number of halogens is 2. The Bertz CT molecular complexity index is 625. The van der Waals surface area contributed by atoms with Crippen LogP contribution in [0.4, 0.5) is 5.69 Å². The van der Waals surface area contributed by atoms with E-state index in [1.54, 1.807) is 0 Å². The van der Waals surface area contributed by atoms with E-state index >= 15 is 0 Å². The van der Waals surface area contributed by atoms with E-state index in [2.05, 4.69) is 28.7 Å². The molecule has 2 aromatic rings. The van der Waals surface area contributed by atoms with Crippen LogP contribution in [0.5, 0.6) is 0 Å². The summed E-state index contributed by atoms with van der Waals surface area (Å²) in [6.45, 7) is 0. The average Bonchev–Trinajstić information content (AvgIpc) is 2.56. The lowest BCUT2D eigenvalue weighted by atomic mass is 10.0. The Labute approximate surface area is 125 Å². The zero-order valence-corrected chi connectivity index (χ0v) is 12.9. The lowest BCUT2D eigenvalue weighted by Crippen LogP contribution is -2.03. The van der Waals surface area contributed by atoms with Crippen molar-refractivity contribution in [3.63, 3.8) is 0 Å². The van der Waals surface area contributed by atoms with Gasteiger partial charge in [-0.3, -0.25) is 4.98 Å². The van der Waals surface area contributed by atoms with Gasteiger partial charge in [-0.15, -0.1) is 0 Å². The van der Waals surface area contributed by atoms with Gasteiger partial charge in [0.2, 0.25) is 0 Å². The van der Waals surface area contributed by atoms with Crippen molar-refractivity contribution >= 4 is 50.8 Å². The number of anilines is 1. The Kier molecular flexibility index (Phi) is 3.36. The molecule has 3 rings (SSSR count). The van der Waals surface area contributed by atoms with Crippen LogP contribution in [0, 0.1) is 3.57 Å². The van der Waals surface area contributed by atoms with Gasteiger partial charge in [-0.05, 0) is 66.0 Å². The van der Waals surface area contributed by atoms with Crippen LogP contribution in [0.15, 0.2) is 12.1 Å². The summed E-state index contributed by atoms with van der Waals surface area (Å²) in [5.41, 5.74) is 10.5. The maximum absolute atomic E-state index is 6.35. The van der Waals surface area contributed by atoms with Gasteiger partial charge in [-0.2, -0.15) is 0 Å². The van der Waals surface area contributed by atoms with E-state index in [1.807, 2.05) is 6.07 Å². The number of aryl methyl sites for hydroxylation is 1. The maximum atomic E-state index is 6.35. The molecule has 18 heavy (non-hydrogen) atoms. The minimum atomic E-state index is 0.704. The van der Waals surface area contributed by atoms with Gasteiger partial charge in [0, 0.05) is 20.3 Å². The fourth-order valence-corrected chi connectivity index (χ4v) is 3.73. The molecule has 1 aromatic carbocycles. The highest BCUT2D eigenvalue weighted by Gasteiger charge is 2.17. The van der Waals surface area contributed by atoms with Crippen LogP contribution in [0.2, 0.25) is 5.02 Å². The molecule has 0 aliphatic heterocycles. The molecule has 0 unspecified atom stereocenters. The molecule has 0 atom stereocenters. The Hall–Kier alpha value is -0.550. The average molecular weight is 373 g/mol. The highest BCUT2D eigenvalue weighted by molar-refractivity contribution is 14.1. The highest BCUT2D eigenvalue weighted by Crippen LogP contribution is 2.34. The predicted octanol–water partition coefficient (Wildman–Crippen LogP) is 4.34. The number of aromatic nitrogens is 1. The van der Waals surface area contributed by atoms with Crippen LogP contribution >= 0.6 is 34.2 Å². The molecule has 94 valence electrons. The minimum Gasteiger partial charge on any atom is -0.398 e. The molecule has 0 amide bonds. The standard InChI is InChI=1S/C14H14ClIN2/c15-11-7-8(16)6-10-13(17)9-4-2-1-3-5-12(9)18-14(10)11/h6-7H,1-5H2,(H2,17,18). The summed E-state index contributed by atoms with van der Waals surface area (Å²) in [7, 11) is 0. The summed E-state index contributed by atoms with van der Waals surface area (Å²) in [6.07, 6.45) is 5.75. The van der Waals surface area contributed by atoms with Gasteiger partial charge in [0.25, 0.3) is 0 Å². The van der Waals surface area contributed by atoms with Gasteiger partial charge in [0.1, 0.15) is 0 Å². The first kappa shape index (κ1) is 12.5. The van der Waals surface area contributed by atoms with E-state index in [0.29, 0.717) is 5.02 Å². The maximum Gasteiger partial charge on any atom is 0.0913 e. The molecule has 0 bridgehead atoms. The molecule has 0 fully saturated rings. The Morgan fingerprint density at radius 3 is 2.78 bits per heavy atom. The van der Waals surface area contributed by atoms with E-state index in [4.69, 9.17) is 22.3 Å². The lowest BCUT2D eigenvalue weighted by Gasteiger charge is -2.13. The van der Waals surface area contributed by atoms with Crippen molar-refractivity contribution in [3.05, 3.63) is 32.0 Å². The van der Waals surface area contributed by atoms with Crippen LogP contribution in [0.3, 0.4) is 0 Å². The molecular weight excluding hydrogens is 359 g/mol. The first-order valence-corrected chi connectivity index (χ1v) is 7.68. The third-order valence-corrected chi connectivity index (χ3v) is 4.49. The smallest absolute Gasteiger partial charge is 0.0913 e. The quantitative estimate of drug-likeness (QED) is 0.552. The van der Waals surface area contributed by atoms with E-state index in [0.717, 1.165) is 38.7 Å². The van der Waals surface area contributed by atoms with Crippen molar-refractivity contribution in [2.45, 2.75) is 32.1 Å². The first-order valence-electron chi connectivity index (χ1n) is 6.23.